The number of hydrogen-bond acceptors (Lipinski definition) is 5. The highest BCUT2D eigenvalue weighted by molar-refractivity contribution is 5.78. The highest BCUT2D eigenvalue weighted by atomic mass is 16.2. The number of likely N-dealkylation sites (N-methyl/N-ethyl adjacent to an activating group) is 1. The summed E-state index contributed by atoms with van der Waals surface area (Å²) in [6.07, 6.45) is 3.97. The van der Waals surface area contributed by atoms with E-state index >= 15 is 0 Å². The summed E-state index contributed by atoms with van der Waals surface area (Å²) in [7, 11) is 1.79. The zero-order chi connectivity index (χ0) is 16.9. The predicted molar refractivity (Wildman–Crippen MR) is 87.5 cm³/mol. The highest BCUT2D eigenvalue weighted by Gasteiger charge is 2.17. The lowest BCUT2D eigenvalue weighted by molar-refractivity contribution is -0.129. The van der Waals surface area contributed by atoms with Gasteiger partial charge in [0.1, 0.15) is 0 Å². The van der Waals surface area contributed by atoms with Gasteiger partial charge in [0, 0.05) is 31.9 Å². The Morgan fingerprint density at radius 2 is 2.12 bits per heavy atom. The van der Waals surface area contributed by atoms with Crippen molar-refractivity contribution in [1.29, 1.82) is 0 Å². The molecule has 1 aromatic carbocycles. The lowest BCUT2D eigenvalue weighted by atomic mass is 10.1. The summed E-state index contributed by atoms with van der Waals surface area (Å²) in [6.45, 7) is 2.51. The molecule has 0 saturated carbocycles. The van der Waals surface area contributed by atoms with Crippen molar-refractivity contribution in [2.45, 2.75) is 19.3 Å². The van der Waals surface area contributed by atoms with E-state index in [2.05, 4.69) is 25.7 Å². The molecule has 0 bridgehead atoms. The van der Waals surface area contributed by atoms with Gasteiger partial charge >= 0.3 is 0 Å². The molecule has 1 amide bonds. The molecule has 1 N–H and O–H groups in total. The Balaban J connectivity index is 1.58. The van der Waals surface area contributed by atoms with Crippen molar-refractivity contribution in [2.75, 3.05) is 13.6 Å². The third-order valence-electron chi connectivity index (χ3n) is 3.84. The van der Waals surface area contributed by atoms with Crippen LogP contribution < -0.4 is 0 Å². The van der Waals surface area contributed by atoms with E-state index in [4.69, 9.17) is 0 Å². The normalized spacial score (nSPS) is 12.1. The first kappa shape index (κ1) is 15.9. The lowest BCUT2D eigenvalue weighted by Gasteiger charge is -2.20. The molecule has 3 aromatic rings. The molecule has 0 spiro atoms. The molecule has 8 heteroatoms. The van der Waals surface area contributed by atoms with Crippen LogP contribution in [0.15, 0.2) is 42.7 Å². The van der Waals surface area contributed by atoms with Crippen LogP contribution in [0.2, 0.25) is 0 Å². The van der Waals surface area contributed by atoms with Crippen LogP contribution in [0, 0.1) is 0 Å². The smallest absolute Gasteiger partial charge is 0.226 e. The molecule has 0 saturated heterocycles. The van der Waals surface area contributed by atoms with E-state index in [-0.39, 0.29) is 11.8 Å². The number of tetrazole rings is 1. The van der Waals surface area contributed by atoms with Crippen molar-refractivity contribution in [3.63, 3.8) is 0 Å². The number of benzene rings is 1. The van der Waals surface area contributed by atoms with E-state index in [0.717, 1.165) is 11.3 Å². The van der Waals surface area contributed by atoms with Gasteiger partial charge in [0.2, 0.25) is 5.91 Å². The maximum Gasteiger partial charge on any atom is 0.226 e. The number of nitrogens with one attached hydrogen (secondary N) is 1. The number of hydrogen-bond donors (Lipinski definition) is 1. The average molecular weight is 325 g/mol. The Kier molecular flexibility index (Phi) is 4.64. The highest BCUT2D eigenvalue weighted by Crippen LogP contribution is 2.12. The first-order valence-electron chi connectivity index (χ1n) is 7.70. The van der Waals surface area contributed by atoms with Gasteiger partial charge in [-0.2, -0.15) is 10.3 Å². The number of aromatic amines is 1. The summed E-state index contributed by atoms with van der Waals surface area (Å²) in [5.74, 6) is 0.690. The number of nitrogens with zero attached hydrogens (tertiary/aromatic N) is 6. The molecule has 124 valence electrons. The van der Waals surface area contributed by atoms with Crippen LogP contribution >= 0.6 is 0 Å². The molecule has 0 aliphatic carbocycles. The van der Waals surface area contributed by atoms with Gasteiger partial charge in [0.15, 0.2) is 5.82 Å². The summed E-state index contributed by atoms with van der Waals surface area (Å²) >= 11 is 0. The Morgan fingerprint density at radius 3 is 2.75 bits per heavy atom. The minimum absolute atomic E-state index is 0.0277. The van der Waals surface area contributed by atoms with E-state index in [1.54, 1.807) is 22.8 Å². The Hall–Kier alpha value is -3.03. The molecule has 0 fully saturated rings. The number of aromatic nitrogens is 6. The third-order valence-corrected chi connectivity index (χ3v) is 3.84. The fraction of sp³-hybridized carbons (Fsp3) is 0.312. The van der Waals surface area contributed by atoms with Gasteiger partial charge in [-0.25, -0.2) is 4.68 Å². The zero-order valence-electron chi connectivity index (χ0n) is 13.6. The van der Waals surface area contributed by atoms with Gasteiger partial charge in [0.25, 0.3) is 0 Å². The topological polar surface area (TPSA) is 92.6 Å². The zero-order valence-corrected chi connectivity index (χ0v) is 13.6. The second-order valence-corrected chi connectivity index (χ2v) is 5.74. The van der Waals surface area contributed by atoms with Crippen LogP contribution in [0.3, 0.4) is 0 Å². The maximum absolute atomic E-state index is 12.4. The summed E-state index contributed by atoms with van der Waals surface area (Å²) < 4.78 is 1.78. The van der Waals surface area contributed by atoms with Gasteiger partial charge in [-0.15, -0.1) is 10.2 Å². The SMILES string of the molecule is CC(CN(C)C(=O)Cc1ccc(-n2cccn2)cc1)c1nn[nH]n1. The molecule has 1 unspecified atom stereocenters. The molecule has 3 rings (SSSR count). The first-order chi connectivity index (χ1) is 11.6. The second kappa shape index (κ2) is 7.03. The molecule has 0 aliphatic rings. The molecule has 24 heavy (non-hydrogen) atoms. The van der Waals surface area contributed by atoms with Crippen molar-refractivity contribution in [3.8, 4) is 5.69 Å². The van der Waals surface area contributed by atoms with Crippen molar-refractivity contribution in [1.82, 2.24) is 35.3 Å². The standard InChI is InChI=1S/C16H19N7O/c1-12(16-18-20-21-19-16)11-22(2)15(24)10-13-4-6-14(7-5-13)23-9-3-8-17-23/h3-9,12H,10-11H2,1-2H3,(H,18,19,20,21). The number of carbonyl (C=O) groups is 1. The van der Waals surface area contributed by atoms with E-state index in [1.165, 1.54) is 0 Å². The maximum atomic E-state index is 12.4. The largest absolute Gasteiger partial charge is 0.345 e. The lowest BCUT2D eigenvalue weighted by Crippen LogP contribution is -2.31. The fourth-order valence-corrected chi connectivity index (χ4v) is 2.47. The van der Waals surface area contributed by atoms with Crippen LogP contribution in [-0.4, -0.2) is 54.8 Å². The third kappa shape index (κ3) is 3.65. The van der Waals surface area contributed by atoms with E-state index in [0.29, 0.717) is 18.8 Å². The van der Waals surface area contributed by atoms with Gasteiger partial charge in [-0.1, -0.05) is 24.3 Å². The minimum Gasteiger partial charge on any atom is -0.345 e. The van der Waals surface area contributed by atoms with Crippen LogP contribution in [0.5, 0.6) is 0 Å². The van der Waals surface area contributed by atoms with Crippen molar-refractivity contribution < 1.29 is 4.79 Å². The Bertz CT molecular complexity index is 765. The van der Waals surface area contributed by atoms with Gasteiger partial charge < -0.3 is 4.90 Å². The second-order valence-electron chi connectivity index (χ2n) is 5.74. The molecule has 0 radical (unpaired) electrons. The number of carbonyl (C=O) groups excluding carboxylic acids is 1. The summed E-state index contributed by atoms with van der Waals surface area (Å²) in [5.41, 5.74) is 1.94. The van der Waals surface area contributed by atoms with E-state index in [9.17, 15) is 4.79 Å². The van der Waals surface area contributed by atoms with Crippen LogP contribution in [0.4, 0.5) is 0 Å². The quantitative estimate of drug-likeness (QED) is 0.735. The first-order valence-corrected chi connectivity index (χ1v) is 7.70. The average Bonchev–Trinajstić information content (AvgIpc) is 3.29. The summed E-state index contributed by atoms with van der Waals surface area (Å²) in [6, 6.07) is 9.68. The van der Waals surface area contributed by atoms with E-state index in [1.807, 2.05) is 43.5 Å². The van der Waals surface area contributed by atoms with Crippen molar-refractivity contribution in [3.05, 3.63) is 54.1 Å². The Morgan fingerprint density at radius 1 is 1.33 bits per heavy atom. The fourth-order valence-electron chi connectivity index (χ4n) is 2.47. The molecule has 2 aromatic heterocycles. The molecule has 2 heterocycles. The predicted octanol–water partition coefficient (Wildman–Crippen LogP) is 1.19. The van der Waals surface area contributed by atoms with Crippen molar-refractivity contribution in [2.24, 2.45) is 0 Å². The number of amides is 1. The summed E-state index contributed by atoms with van der Waals surface area (Å²) in [5, 5.41) is 18.1. The van der Waals surface area contributed by atoms with Crippen LogP contribution in [-0.2, 0) is 11.2 Å². The van der Waals surface area contributed by atoms with E-state index < -0.39 is 0 Å². The van der Waals surface area contributed by atoms with Crippen molar-refractivity contribution >= 4 is 5.91 Å². The number of rotatable bonds is 6. The van der Waals surface area contributed by atoms with Crippen LogP contribution in [0.1, 0.15) is 24.2 Å². The molecule has 1 atom stereocenters. The molecular formula is C16H19N7O. The monoisotopic (exact) mass is 325 g/mol. The molecule has 0 aliphatic heterocycles. The van der Waals surface area contributed by atoms with Gasteiger partial charge in [-0.05, 0) is 23.8 Å². The molecule has 8 nitrogen and oxygen atoms in total. The number of H-pyrrole nitrogens is 1. The van der Waals surface area contributed by atoms with Gasteiger partial charge in [0.05, 0.1) is 12.1 Å². The van der Waals surface area contributed by atoms with Gasteiger partial charge in [-0.3, -0.25) is 4.79 Å². The van der Waals surface area contributed by atoms with Crippen LogP contribution in [0.25, 0.3) is 5.69 Å². The Labute approximate surface area is 139 Å². The summed E-state index contributed by atoms with van der Waals surface area (Å²) in [4.78, 5) is 14.1. The molecular weight excluding hydrogens is 306 g/mol. The minimum atomic E-state index is 0.0277.